The molecule has 1 aliphatic rings. The van der Waals surface area contributed by atoms with Gasteiger partial charge in [0.25, 0.3) is 0 Å². The molecule has 1 aliphatic carbocycles. The Morgan fingerprint density at radius 1 is 1.26 bits per heavy atom. The number of rotatable bonds is 3. The summed E-state index contributed by atoms with van der Waals surface area (Å²) in [4.78, 5) is 0. The van der Waals surface area contributed by atoms with E-state index in [2.05, 4.69) is 19.9 Å². The Kier molecular flexibility index (Phi) is 4.14. The van der Waals surface area contributed by atoms with Crippen molar-refractivity contribution in [2.24, 2.45) is 17.3 Å². The van der Waals surface area contributed by atoms with Gasteiger partial charge in [-0.2, -0.15) is 5.26 Å². The molecule has 19 heavy (non-hydrogen) atoms. The van der Waals surface area contributed by atoms with Gasteiger partial charge in [-0.1, -0.05) is 26.0 Å². The summed E-state index contributed by atoms with van der Waals surface area (Å²) in [5, 5.41) is 18.9. The van der Waals surface area contributed by atoms with E-state index in [9.17, 15) is 10.4 Å². The third-order valence-electron chi connectivity index (χ3n) is 4.65. The van der Waals surface area contributed by atoms with E-state index in [0.717, 1.165) is 36.7 Å². The molecule has 0 aromatic heterocycles. The summed E-state index contributed by atoms with van der Waals surface area (Å²) in [6.45, 7) is 4.56. The van der Waals surface area contributed by atoms with Gasteiger partial charge in [-0.3, -0.25) is 0 Å². The van der Waals surface area contributed by atoms with Gasteiger partial charge >= 0.3 is 0 Å². The average molecular weight is 257 g/mol. The fraction of sp³-hybridized carbons (Fsp3) is 0.588. The second-order valence-electron chi connectivity index (χ2n) is 6.32. The minimum atomic E-state index is -0.192. The Morgan fingerprint density at radius 2 is 1.84 bits per heavy atom. The molecule has 2 nitrogen and oxygen atoms in total. The summed E-state index contributed by atoms with van der Waals surface area (Å²) < 4.78 is 0. The van der Waals surface area contributed by atoms with Crippen LogP contribution < -0.4 is 0 Å². The van der Waals surface area contributed by atoms with Crippen LogP contribution in [-0.2, 0) is 6.42 Å². The standard InChI is InChI=1S/C17H23NO/c1-13(2)15-7-9-17(12-18,10-8-15)11-14-3-5-16(19)6-4-14/h3-6,13,15,19H,7-11H2,1-2H3. The zero-order valence-corrected chi connectivity index (χ0v) is 11.9. The van der Waals surface area contributed by atoms with Crippen molar-refractivity contribution in [3.63, 3.8) is 0 Å². The SMILES string of the molecule is CC(C)C1CCC(C#N)(Cc2ccc(O)cc2)CC1. The molecule has 0 aliphatic heterocycles. The Morgan fingerprint density at radius 3 is 2.32 bits per heavy atom. The van der Waals surface area contributed by atoms with Crippen LogP contribution in [-0.4, -0.2) is 5.11 Å². The Bertz CT molecular complexity index is 447. The molecular weight excluding hydrogens is 234 g/mol. The lowest BCUT2D eigenvalue weighted by Gasteiger charge is -2.36. The number of benzene rings is 1. The molecule has 2 heteroatoms. The fourth-order valence-electron chi connectivity index (χ4n) is 3.19. The van der Waals surface area contributed by atoms with Crippen molar-refractivity contribution in [1.82, 2.24) is 0 Å². The van der Waals surface area contributed by atoms with Gasteiger partial charge in [-0.25, -0.2) is 0 Å². The minimum Gasteiger partial charge on any atom is -0.508 e. The van der Waals surface area contributed by atoms with E-state index in [1.54, 1.807) is 12.1 Å². The minimum absolute atomic E-state index is 0.192. The number of phenols is 1. The molecule has 0 unspecified atom stereocenters. The predicted molar refractivity (Wildman–Crippen MR) is 76.7 cm³/mol. The van der Waals surface area contributed by atoms with Crippen LogP contribution in [0.1, 0.15) is 45.1 Å². The van der Waals surface area contributed by atoms with E-state index < -0.39 is 0 Å². The van der Waals surface area contributed by atoms with Crippen molar-refractivity contribution in [3.05, 3.63) is 29.8 Å². The molecule has 2 rings (SSSR count). The van der Waals surface area contributed by atoms with Crippen molar-refractivity contribution in [2.45, 2.75) is 46.0 Å². The van der Waals surface area contributed by atoms with Crippen molar-refractivity contribution >= 4 is 0 Å². The molecule has 1 fully saturated rings. The fourth-order valence-corrected chi connectivity index (χ4v) is 3.19. The van der Waals surface area contributed by atoms with E-state index in [4.69, 9.17) is 0 Å². The third kappa shape index (κ3) is 3.29. The first-order valence-electron chi connectivity index (χ1n) is 7.24. The highest BCUT2D eigenvalue weighted by molar-refractivity contribution is 5.27. The van der Waals surface area contributed by atoms with E-state index in [1.807, 2.05) is 12.1 Å². The van der Waals surface area contributed by atoms with Crippen molar-refractivity contribution < 1.29 is 5.11 Å². The molecule has 0 amide bonds. The third-order valence-corrected chi connectivity index (χ3v) is 4.65. The van der Waals surface area contributed by atoms with E-state index in [0.29, 0.717) is 5.75 Å². The molecule has 1 aromatic carbocycles. The van der Waals surface area contributed by atoms with Crippen LogP contribution in [0.2, 0.25) is 0 Å². The number of nitrogens with zero attached hydrogens (tertiary/aromatic N) is 1. The highest BCUT2D eigenvalue weighted by Gasteiger charge is 2.36. The zero-order chi connectivity index (χ0) is 13.9. The Hall–Kier alpha value is -1.49. The maximum absolute atomic E-state index is 9.58. The molecular formula is C17H23NO. The van der Waals surface area contributed by atoms with Gasteiger partial charge in [-0.15, -0.1) is 0 Å². The smallest absolute Gasteiger partial charge is 0.115 e. The van der Waals surface area contributed by atoms with Crippen LogP contribution in [0.4, 0.5) is 0 Å². The molecule has 1 saturated carbocycles. The van der Waals surface area contributed by atoms with Crippen LogP contribution in [0, 0.1) is 28.6 Å². The number of hydrogen-bond donors (Lipinski definition) is 1. The molecule has 0 spiro atoms. The first kappa shape index (κ1) is 13.9. The first-order valence-corrected chi connectivity index (χ1v) is 7.24. The van der Waals surface area contributed by atoms with Crippen LogP contribution in [0.15, 0.2) is 24.3 Å². The van der Waals surface area contributed by atoms with Gasteiger partial charge in [-0.05, 0) is 61.6 Å². The maximum atomic E-state index is 9.58. The summed E-state index contributed by atoms with van der Waals surface area (Å²) in [6.07, 6.45) is 5.17. The number of aromatic hydroxyl groups is 1. The van der Waals surface area contributed by atoms with Gasteiger partial charge in [0.15, 0.2) is 0 Å². The first-order chi connectivity index (χ1) is 9.04. The second-order valence-corrected chi connectivity index (χ2v) is 6.32. The topological polar surface area (TPSA) is 44.0 Å². The van der Waals surface area contributed by atoms with E-state index in [-0.39, 0.29) is 5.41 Å². The van der Waals surface area contributed by atoms with Gasteiger partial charge in [0.2, 0.25) is 0 Å². The van der Waals surface area contributed by atoms with Crippen LogP contribution in [0.25, 0.3) is 0 Å². The van der Waals surface area contributed by atoms with Crippen molar-refractivity contribution in [3.8, 4) is 11.8 Å². The lowest BCUT2D eigenvalue weighted by Crippen LogP contribution is -2.30. The van der Waals surface area contributed by atoms with Gasteiger partial charge in [0, 0.05) is 0 Å². The molecule has 1 N–H and O–H groups in total. The van der Waals surface area contributed by atoms with Crippen LogP contribution >= 0.6 is 0 Å². The maximum Gasteiger partial charge on any atom is 0.115 e. The molecule has 102 valence electrons. The number of hydrogen-bond acceptors (Lipinski definition) is 2. The zero-order valence-electron chi connectivity index (χ0n) is 11.9. The summed E-state index contributed by atoms with van der Waals surface area (Å²) in [5.74, 6) is 1.80. The summed E-state index contributed by atoms with van der Waals surface area (Å²) >= 11 is 0. The van der Waals surface area contributed by atoms with Gasteiger partial charge in [0.05, 0.1) is 11.5 Å². The average Bonchev–Trinajstić information content (AvgIpc) is 2.42. The van der Waals surface area contributed by atoms with E-state index in [1.165, 1.54) is 12.8 Å². The normalized spacial score (nSPS) is 27.2. The van der Waals surface area contributed by atoms with Crippen LogP contribution in [0.5, 0.6) is 5.75 Å². The Labute approximate surface area is 116 Å². The second kappa shape index (κ2) is 5.65. The van der Waals surface area contributed by atoms with E-state index >= 15 is 0 Å². The Balaban J connectivity index is 2.05. The molecule has 0 saturated heterocycles. The summed E-state index contributed by atoms with van der Waals surface area (Å²) in [7, 11) is 0. The lowest BCUT2D eigenvalue weighted by atomic mass is 9.66. The van der Waals surface area contributed by atoms with Gasteiger partial charge < -0.3 is 5.11 Å². The molecule has 0 bridgehead atoms. The molecule has 1 aromatic rings. The van der Waals surface area contributed by atoms with Crippen molar-refractivity contribution in [2.75, 3.05) is 0 Å². The summed E-state index contributed by atoms with van der Waals surface area (Å²) in [6, 6.07) is 9.86. The largest absolute Gasteiger partial charge is 0.508 e. The van der Waals surface area contributed by atoms with Gasteiger partial charge in [0.1, 0.15) is 5.75 Å². The lowest BCUT2D eigenvalue weighted by molar-refractivity contribution is 0.175. The monoisotopic (exact) mass is 257 g/mol. The predicted octanol–water partition coefficient (Wildman–Crippen LogP) is 4.29. The van der Waals surface area contributed by atoms with Crippen LogP contribution in [0.3, 0.4) is 0 Å². The molecule has 0 atom stereocenters. The highest BCUT2D eigenvalue weighted by atomic mass is 16.3. The highest BCUT2D eigenvalue weighted by Crippen LogP contribution is 2.43. The molecule has 0 radical (unpaired) electrons. The number of nitriles is 1. The molecule has 0 heterocycles. The quantitative estimate of drug-likeness (QED) is 0.877. The number of phenolic OH excluding ortho intramolecular Hbond substituents is 1. The van der Waals surface area contributed by atoms with Crippen molar-refractivity contribution in [1.29, 1.82) is 5.26 Å². The summed E-state index contributed by atoms with van der Waals surface area (Å²) in [5.41, 5.74) is 0.963.